The zero-order valence-electron chi connectivity index (χ0n) is 29.7. The lowest BCUT2D eigenvalue weighted by atomic mass is 9.87. The number of hydrogen-bond donors (Lipinski definition) is 4. The van der Waals surface area contributed by atoms with E-state index in [-0.39, 0.29) is 50.0 Å². The number of thiocarbonyl (C=S) groups is 1. The third kappa shape index (κ3) is 10.9. The van der Waals surface area contributed by atoms with Crippen molar-refractivity contribution in [3.05, 3.63) is 54.1 Å². The molecule has 4 N–H and O–H groups in total. The second-order valence-electron chi connectivity index (χ2n) is 14.1. The Balaban J connectivity index is 1.31. The molecule has 2 saturated heterocycles. The lowest BCUT2D eigenvalue weighted by Crippen LogP contribution is -2.52. The number of aliphatic hydroxyl groups excluding tert-OH is 1. The summed E-state index contributed by atoms with van der Waals surface area (Å²) in [4.78, 5) is 13.3. The number of sulfonamides is 1. The van der Waals surface area contributed by atoms with Crippen LogP contribution in [0.25, 0.3) is 0 Å². The summed E-state index contributed by atoms with van der Waals surface area (Å²) >= 11 is 5.32. The zero-order valence-corrected chi connectivity index (χ0v) is 31.3. The van der Waals surface area contributed by atoms with Crippen LogP contribution in [-0.4, -0.2) is 99.8 Å². The maximum Gasteiger partial charge on any atom is 0.407 e. The molecule has 1 amide bonds. The van der Waals surface area contributed by atoms with Crippen LogP contribution in [0, 0.1) is 11.3 Å². The molecule has 3 heterocycles. The highest BCUT2D eigenvalue weighted by Crippen LogP contribution is 2.36. The van der Waals surface area contributed by atoms with Gasteiger partial charge in [0.05, 0.1) is 36.2 Å². The first-order valence-corrected chi connectivity index (χ1v) is 19.6. The molecule has 15 heteroatoms. The predicted octanol–water partition coefficient (Wildman–Crippen LogP) is 3.94. The van der Waals surface area contributed by atoms with Crippen molar-refractivity contribution in [1.29, 1.82) is 0 Å². The molecule has 0 radical (unpaired) electrons. The van der Waals surface area contributed by atoms with Crippen LogP contribution >= 0.6 is 12.2 Å². The first kappa shape index (κ1) is 39.0. The van der Waals surface area contributed by atoms with E-state index in [1.807, 2.05) is 44.2 Å². The molecule has 2 aromatic rings. The van der Waals surface area contributed by atoms with Gasteiger partial charge >= 0.3 is 6.09 Å². The van der Waals surface area contributed by atoms with E-state index in [1.165, 1.54) is 16.4 Å². The van der Waals surface area contributed by atoms with Gasteiger partial charge in [-0.05, 0) is 67.4 Å². The fourth-order valence-corrected chi connectivity index (χ4v) is 8.45. The molecule has 0 saturated carbocycles. The van der Waals surface area contributed by atoms with E-state index >= 15 is 0 Å². The van der Waals surface area contributed by atoms with Crippen molar-refractivity contribution in [3.63, 3.8) is 0 Å². The SMILES string of the molecule is CCCNC(=S)NCCCCC(C)(C)CN(C[C@@H](O)[C@H](Cc1ccccc1)NC(=O)O[C@H]1CO[C@H]2OCC[C@H]21)S(=O)(=O)c1ccc2c(c1)OCO2. The normalized spacial score (nSPS) is 20.8. The van der Waals surface area contributed by atoms with Gasteiger partial charge < -0.3 is 44.7 Å². The quantitative estimate of drug-likeness (QED) is 0.129. The largest absolute Gasteiger partial charge is 0.454 e. The molecule has 0 aliphatic carbocycles. The predicted molar refractivity (Wildman–Crippen MR) is 195 cm³/mol. The molecule has 282 valence electrons. The molecular formula is C36H52N4O9S2. The molecule has 5 rings (SSSR count). The average Bonchev–Trinajstić information content (AvgIpc) is 3.86. The van der Waals surface area contributed by atoms with Gasteiger partial charge in [-0.15, -0.1) is 0 Å². The second kappa shape index (κ2) is 18.0. The molecule has 3 aliphatic rings. The topological polar surface area (TPSA) is 157 Å². The van der Waals surface area contributed by atoms with E-state index in [2.05, 4.69) is 22.9 Å². The average molecular weight is 749 g/mol. The van der Waals surface area contributed by atoms with Gasteiger partial charge in [0.25, 0.3) is 0 Å². The number of rotatable bonds is 18. The summed E-state index contributed by atoms with van der Waals surface area (Å²) in [6, 6.07) is 13.0. The molecule has 2 aromatic carbocycles. The maximum atomic E-state index is 14.4. The molecule has 0 spiro atoms. The minimum atomic E-state index is -4.14. The van der Waals surface area contributed by atoms with Crippen molar-refractivity contribution < 1.29 is 42.0 Å². The number of nitrogens with zero attached hydrogens (tertiary/aromatic N) is 1. The fourth-order valence-electron chi connectivity index (χ4n) is 6.58. The molecule has 5 atom stereocenters. The lowest BCUT2D eigenvalue weighted by molar-refractivity contribution is -0.0907. The van der Waals surface area contributed by atoms with Gasteiger partial charge in [-0.25, -0.2) is 13.2 Å². The van der Waals surface area contributed by atoms with E-state index < -0.39 is 39.8 Å². The Labute approximate surface area is 306 Å². The summed E-state index contributed by atoms with van der Waals surface area (Å²) in [5, 5.41) is 21.7. The zero-order chi connectivity index (χ0) is 36.4. The number of carbonyl (C=O) groups is 1. The summed E-state index contributed by atoms with van der Waals surface area (Å²) in [6.45, 7) is 8.24. The Morgan fingerprint density at radius 2 is 1.84 bits per heavy atom. The van der Waals surface area contributed by atoms with Gasteiger partial charge in [0.1, 0.15) is 6.10 Å². The lowest BCUT2D eigenvalue weighted by Gasteiger charge is -2.35. The number of amides is 1. The van der Waals surface area contributed by atoms with Crippen LogP contribution in [0.5, 0.6) is 11.5 Å². The van der Waals surface area contributed by atoms with E-state index in [0.717, 1.165) is 44.2 Å². The third-order valence-electron chi connectivity index (χ3n) is 9.39. The fraction of sp³-hybridized carbons (Fsp3) is 0.611. The minimum absolute atomic E-state index is 0.00683. The van der Waals surface area contributed by atoms with Crippen LogP contribution in [0.1, 0.15) is 58.4 Å². The van der Waals surface area contributed by atoms with Gasteiger partial charge in [0, 0.05) is 32.2 Å². The van der Waals surface area contributed by atoms with Crippen LogP contribution in [0.15, 0.2) is 53.4 Å². The molecule has 0 bridgehead atoms. The molecule has 51 heavy (non-hydrogen) atoms. The number of unbranched alkanes of at least 4 members (excludes halogenated alkanes) is 1. The van der Waals surface area contributed by atoms with Crippen molar-refractivity contribution >= 4 is 33.4 Å². The second-order valence-corrected chi connectivity index (χ2v) is 16.4. The Kier molecular flexibility index (Phi) is 13.8. The van der Waals surface area contributed by atoms with Crippen molar-refractivity contribution in [2.75, 3.05) is 46.2 Å². The van der Waals surface area contributed by atoms with Gasteiger partial charge in [0.15, 0.2) is 22.9 Å². The number of hydrogen-bond acceptors (Lipinski definition) is 10. The van der Waals surface area contributed by atoms with E-state index in [1.54, 1.807) is 6.07 Å². The summed E-state index contributed by atoms with van der Waals surface area (Å²) in [6.07, 6.45) is 1.49. The van der Waals surface area contributed by atoms with Crippen molar-refractivity contribution in [2.45, 2.75) is 88.7 Å². The van der Waals surface area contributed by atoms with Crippen LogP contribution in [0.4, 0.5) is 4.79 Å². The van der Waals surface area contributed by atoms with Crippen LogP contribution in [-0.2, 0) is 30.7 Å². The molecule has 0 aromatic heterocycles. The highest BCUT2D eigenvalue weighted by atomic mass is 32.2. The van der Waals surface area contributed by atoms with E-state index in [0.29, 0.717) is 29.8 Å². The van der Waals surface area contributed by atoms with Crippen molar-refractivity contribution in [3.8, 4) is 11.5 Å². The monoisotopic (exact) mass is 748 g/mol. The molecule has 2 fully saturated rings. The number of ether oxygens (including phenoxy) is 5. The number of benzene rings is 2. The number of aliphatic hydroxyl groups is 1. The van der Waals surface area contributed by atoms with E-state index in [4.69, 9.17) is 35.9 Å². The van der Waals surface area contributed by atoms with Gasteiger partial charge in [-0.1, -0.05) is 57.5 Å². The summed E-state index contributed by atoms with van der Waals surface area (Å²) < 4.78 is 57.9. The van der Waals surface area contributed by atoms with Crippen LogP contribution < -0.4 is 25.4 Å². The molecular weight excluding hydrogens is 697 g/mol. The minimum Gasteiger partial charge on any atom is -0.454 e. The third-order valence-corrected chi connectivity index (χ3v) is 11.5. The first-order valence-electron chi connectivity index (χ1n) is 17.8. The van der Waals surface area contributed by atoms with Crippen LogP contribution in [0.3, 0.4) is 0 Å². The Hall–Kier alpha value is -3.21. The van der Waals surface area contributed by atoms with E-state index in [9.17, 15) is 18.3 Å². The smallest absolute Gasteiger partial charge is 0.407 e. The van der Waals surface area contributed by atoms with Gasteiger partial charge in [-0.2, -0.15) is 4.31 Å². The summed E-state index contributed by atoms with van der Waals surface area (Å²) in [5.41, 5.74) is 0.395. The highest BCUT2D eigenvalue weighted by molar-refractivity contribution is 7.89. The number of fused-ring (bicyclic) bond motifs is 2. The van der Waals surface area contributed by atoms with Crippen LogP contribution in [0.2, 0.25) is 0 Å². The maximum absolute atomic E-state index is 14.4. The highest BCUT2D eigenvalue weighted by Gasteiger charge is 2.44. The Morgan fingerprint density at radius 1 is 1.08 bits per heavy atom. The summed E-state index contributed by atoms with van der Waals surface area (Å²) in [5.74, 6) is 0.752. The van der Waals surface area contributed by atoms with Crippen molar-refractivity contribution in [2.24, 2.45) is 11.3 Å². The van der Waals surface area contributed by atoms with Gasteiger partial charge in [0.2, 0.25) is 16.8 Å². The Morgan fingerprint density at radius 3 is 2.63 bits per heavy atom. The molecule has 0 unspecified atom stereocenters. The number of nitrogens with one attached hydrogen (secondary N) is 3. The Bertz CT molecular complexity index is 1560. The first-order chi connectivity index (χ1) is 24.4. The molecule has 3 aliphatic heterocycles. The molecule has 13 nitrogen and oxygen atoms in total. The number of carbonyl (C=O) groups excluding carboxylic acids is 1. The standard InChI is InChI=1S/C36H52N4O9S2/c1-4-16-37-34(50)38-17-9-8-15-36(2,3)23-40(51(43,44)26-12-13-30-31(20-26)48-24-47-30)21-29(41)28(19-25-10-6-5-7-11-25)39-35(42)49-32-22-46-33-27(32)14-18-45-33/h5-7,10-13,20,27-29,32-33,41H,4,8-9,14-19,21-24H2,1-3H3,(H,39,42)(H2,37,38,50)/t27-,28-,29+,32-,33+/m0/s1. The number of alkyl carbamates (subject to hydrolysis) is 1. The van der Waals surface area contributed by atoms with Crippen molar-refractivity contribution in [1.82, 2.24) is 20.3 Å². The van der Waals surface area contributed by atoms with Gasteiger partial charge in [-0.3, -0.25) is 0 Å². The summed E-state index contributed by atoms with van der Waals surface area (Å²) in [7, 11) is -4.14.